The highest BCUT2D eigenvalue weighted by Crippen LogP contribution is 2.44. The predicted octanol–water partition coefficient (Wildman–Crippen LogP) is 6.23. The minimum absolute atomic E-state index is 0.0200. The topological polar surface area (TPSA) is 58.0 Å². The summed E-state index contributed by atoms with van der Waals surface area (Å²) >= 11 is 13.9. The number of nitrogens with one attached hydrogen (secondary N) is 2. The van der Waals surface area contributed by atoms with Crippen molar-refractivity contribution in [3.63, 3.8) is 0 Å². The van der Waals surface area contributed by atoms with Gasteiger partial charge in [-0.05, 0) is 49.0 Å². The Labute approximate surface area is 176 Å². The number of fused-ring (bicyclic) bond motifs is 1. The Hall–Kier alpha value is -2.48. The van der Waals surface area contributed by atoms with Crippen LogP contribution in [-0.4, -0.2) is 19.2 Å². The van der Waals surface area contributed by atoms with Crippen LogP contribution in [0, 0.1) is 0 Å². The Balaban J connectivity index is 1.90. The monoisotopic (exact) mass is 436 g/mol. The summed E-state index contributed by atoms with van der Waals surface area (Å²) in [7, 11) is 0. The van der Waals surface area contributed by atoms with Crippen molar-refractivity contribution in [2.24, 2.45) is 9.98 Å². The van der Waals surface area contributed by atoms with Crippen LogP contribution in [0.25, 0.3) is 0 Å². The molecular formula is C19H15Cl2FN4OS. The van der Waals surface area contributed by atoms with Gasteiger partial charge in [0.15, 0.2) is 5.75 Å². The number of rotatable bonds is 6. The Morgan fingerprint density at radius 2 is 2.00 bits per heavy atom. The van der Waals surface area contributed by atoms with E-state index in [0.29, 0.717) is 33.2 Å². The van der Waals surface area contributed by atoms with E-state index in [2.05, 4.69) is 33.3 Å². The van der Waals surface area contributed by atoms with Crippen molar-refractivity contribution in [2.75, 3.05) is 11.9 Å². The summed E-state index contributed by atoms with van der Waals surface area (Å²) in [5.41, 5.74) is 0.705. The van der Waals surface area contributed by atoms with Crippen LogP contribution in [0.4, 0.5) is 10.1 Å². The molecule has 1 aliphatic heterocycles. The van der Waals surface area contributed by atoms with E-state index in [0.717, 1.165) is 11.0 Å². The van der Waals surface area contributed by atoms with Gasteiger partial charge in [0, 0.05) is 0 Å². The van der Waals surface area contributed by atoms with E-state index in [4.69, 9.17) is 27.9 Å². The zero-order valence-electron chi connectivity index (χ0n) is 14.5. The Bertz CT molecular complexity index is 994. The summed E-state index contributed by atoms with van der Waals surface area (Å²) in [6.07, 6.45) is 1.06. The number of guanidine groups is 1. The molecule has 0 aromatic heterocycles. The molecule has 0 aliphatic carbocycles. The van der Waals surface area contributed by atoms with Gasteiger partial charge in [0.1, 0.15) is 17.3 Å². The molecule has 2 aromatic carbocycles. The number of para-hydroxylation sites is 1. The Morgan fingerprint density at radius 1 is 1.21 bits per heavy atom. The van der Waals surface area contributed by atoms with Crippen LogP contribution in [-0.2, 0) is 0 Å². The Kier molecular flexibility index (Phi) is 6.61. The van der Waals surface area contributed by atoms with Gasteiger partial charge in [-0.15, -0.1) is 0 Å². The van der Waals surface area contributed by atoms with Crippen LogP contribution >= 0.6 is 35.1 Å². The van der Waals surface area contributed by atoms with Crippen LogP contribution in [0.2, 0.25) is 10.0 Å². The van der Waals surface area contributed by atoms with Crippen molar-refractivity contribution in [2.45, 2.75) is 4.90 Å². The van der Waals surface area contributed by atoms with Gasteiger partial charge in [-0.1, -0.05) is 41.9 Å². The molecular weight excluding hydrogens is 422 g/mol. The first-order valence-corrected chi connectivity index (χ1v) is 9.57. The van der Waals surface area contributed by atoms with Gasteiger partial charge in [-0.3, -0.25) is 9.71 Å². The lowest BCUT2D eigenvalue weighted by atomic mass is 10.2. The maximum atomic E-state index is 13.6. The molecule has 0 radical (unpaired) electrons. The van der Waals surface area contributed by atoms with Gasteiger partial charge in [0.05, 0.1) is 27.2 Å². The van der Waals surface area contributed by atoms with Crippen molar-refractivity contribution in [3.05, 3.63) is 70.6 Å². The maximum Gasteiger partial charge on any atom is 0.206 e. The third-order valence-corrected chi connectivity index (χ3v) is 5.12. The van der Waals surface area contributed by atoms with Crippen molar-refractivity contribution in [1.82, 2.24) is 4.72 Å². The first kappa shape index (κ1) is 20.3. The number of allylic oxidation sites excluding steroid dienone is 2. The summed E-state index contributed by atoms with van der Waals surface area (Å²) < 4.78 is 22.6. The molecule has 1 aliphatic rings. The quantitative estimate of drug-likeness (QED) is 0.320. The third-order valence-electron chi connectivity index (χ3n) is 3.65. The standard InChI is InChI=1S/C19H15Cl2FN4OS/c1-3-13(22)14(23-2)10-24-19-25-17-16(28-26-19)9-8-12(21)18(17)27-15-7-5-4-6-11(15)20/h3-9H,1-2,10H2,(H2,24,25,26)/b14-13+. The number of halogens is 3. The molecule has 28 heavy (non-hydrogen) atoms. The van der Waals surface area contributed by atoms with E-state index >= 15 is 0 Å². The first-order chi connectivity index (χ1) is 13.5. The van der Waals surface area contributed by atoms with Crippen LogP contribution in [0.1, 0.15) is 0 Å². The molecule has 9 heteroatoms. The Morgan fingerprint density at radius 3 is 2.71 bits per heavy atom. The van der Waals surface area contributed by atoms with Gasteiger partial charge in [-0.2, -0.15) is 0 Å². The number of anilines is 1. The van der Waals surface area contributed by atoms with Crippen molar-refractivity contribution in [3.8, 4) is 11.5 Å². The lowest BCUT2D eigenvalue weighted by Crippen LogP contribution is -2.30. The highest BCUT2D eigenvalue weighted by Gasteiger charge is 2.22. The molecule has 0 atom stereocenters. The molecule has 3 rings (SSSR count). The van der Waals surface area contributed by atoms with E-state index in [1.807, 2.05) is 12.1 Å². The van der Waals surface area contributed by atoms with E-state index in [9.17, 15) is 4.39 Å². The molecule has 0 saturated carbocycles. The summed E-state index contributed by atoms with van der Waals surface area (Å²) in [6.45, 7) is 6.71. The molecule has 0 bridgehead atoms. The number of hydrogen-bond donors (Lipinski definition) is 2. The molecule has 2 N–H and O–H groups in total. The second-order valence-corrected chi connectivity index (χ2v) is 7.10. The highest BCUT2D eigenvalue weighted by molar-refractivity contribution is 7.98. The van der Waals surface area contributed by atoms with E-state index in [1.165, 1.54) is 11.9 Å². The second kappa shape index (κ2) is 9.14. The van der Waals surface area contributed by atoms with Gasteiger partial charge in [0.2, 0.25) is 5.96 Å². The normalized spacial score (nSPS) is 15.0. The fraction of sp³-hybridized carbons (Fsp3) is 0.0526. The van der Waals surface area contributed by atoms with Crippen LogP contribution in [0.5, 0.6) is 11.5 Å². The van der Waals surface area contributed by atoms with Gasteiger partial charge < -0.3 is 10.1 Å². The summed E-state index contributed by atoms with van der Waals surface area (Å²) in [5, 5.41) is 3.97. The molecule has 144 valence electrons. The molecule has 0 spiro atoms. The first-order valence-electron chi connectivity index (χ1n) is 8.00. The van der Waals surface area contributed by atoms with Gasteiger partial charge in [-0.25, -0.2) is 9.38 Å². The number of benzene rings is 2. The predicted molar refractivity (Wildman–Crippen MR) is 116 cm³/mol. The van der Waals surface area contributed by atoms with Crippen molar-refractivity contribution in [1.29, 1.82) is 0 Å². The van der Waals surface area contributed by atoms with E-state index in [-0.39, 0.29) is 12.2 Å². The lowest BCUT2D eigenvalue weighted by Gasteiger charge is -2.23. The lowest BCUT2D eigenvalue weighted by molar-refractivity contribution is 0.484. The van der Waals surface area contributed by atoms with E-state index < -0.39 is 5.83 Å². The van der Waals surface area contributed by atoms with Crippen molar-refractivity contribution < 1.29 is 9.13 Å². The third kappa shape index (κ3) is 4.49. The smallest absolute Gasteiger partial charge is 0.206 e. The molecule has 5 nitrogen and oxygen atoms in total. The average Bonchev–Trinajstić information content (AvgIpc) is 2.71. The minimum Gasteiger partial charge on any atom is -0.452 e. The summed E-state index contributed by atoms with van der Waals surface area (Å²) in [5.74, 6) is 0.692. The van der Waals surface area contributed by atoms with Gasteiger partial charge in [0.25, 0.3) is 0 Å². The van der Waals surface area contributed by atoms with Crippen LogP contribution in [0.15, 0.2) is 75.5 Å². The second-order valence-electron chi connectivity index (χ2n) is 5.43. The fourth-order valence-corrected chi connectivity index (χ4v) is 3.35. The number of hydrogen-bond acceptors (Lipinski definition) is 4. The zero-order valence-corrected chi connectivity index (χ0v) is 16.8. The van der Waals surface area contributed by atoms with Crippen molar-refractivity contribution >= 4 is 53.5 Å². The van der Waals surface area contributed by atoms with Gasteiger partial charge >= 0.3 is 0 Å². The highest BCUT2D eigenvalue weighted by atomic mass is 35.5. The molecule has 0 amide bonds. The number of nitrogens with zero attached hydrogens (tertiary/aromatic N) is 2. The van der Waals surface area contributed by atoms with E-state index in [1.54, 1.807) is 24.3 Å². The average molecular weight is 437 g/mol. The number of aliphatic imine (C=N–C) groups is 2. The largest absolute Gasteiger partial charge is 0.452 e. The summed E-state index contributed by atoms with van der Waals surface area (Å²) in [4.78, 5) is 8.77. The number of ether oxygens (including phenoxy) is 1. The summed E-state index contributed by atoms with van der Waals surface area (Å²) in [6, 6.07) is 10.7. The van der Waals surface area contributed by atoms with Crippen LogP contribution in [0.3, 0.4) is 0 Å². The fourth-order valence-electron chi connectivity index (χ4n) is 2.27. The minimum atomic E-state index is -0.575. The molecule has 1 heterocycles. The molecule has 0 saturated heterocycles. The molecule has 0 unspecified atom stereocenters. The van der Waals surface area contributed by atoms with Crippen LogP contribution < -0.4 is 14.8 Å². The zero-order chi connectivity index (χ0) is 20.1. The maximum absolute atomic E-state index is 13.6. The SMILES string of the molecule is C=C/C(F)=C(/CN=C1NSc2ccc(Cl)c(Oc3ccccc3Cl)c2N1)N=C. The molecule has 2 aromatic rings. The molecule has 0 fully saturated rings.